The molecule has 0 spiro atoms. The van der Waals surface area contributed by atoms with Gasteiger partial charge in [-0.1, -0.05) is 149 Å². The lowest BCUT2D eigenvalue weighted by Gasteiger charge is -2.42. The van der Waals surface area contributed by atoms with Crippen LogP contribution in [0.4, 0.5) is 11.4 Å². The predicted molar refractivity (Wildman–Crippen MR) is 294 cm³/mol. The van der Waals surface area contributed by atoms with E-state index in [2.05, 4.69) is 219 Å². The molecular weight excluding hydrogens is 844 g/mol. The van der Waals surface area contributed by atoms with Gasteiger partial charge in [0, 0.05) is 64.4 Å². The molecule has 68 heavy (non-hydrogen) atoms. The van der Waals surface area contributed by atoms with Gasteiger partial charge in [-0.15, -0.1) is 11.3 Å². The first-order valence-corrected chi connectivity index (χ1v) is 25.3. The number of aromatic nitrogens is 1. The lowest BCUT2D eigenvalue weighted by Crippen LogP contribution is -2.60. The lowest BCUT2D eigenvalue weighted by atomic mass is 9.43. The van der Waals surface area contributed by atoms with Gasteiger partial charge in [-0.3, -0.25) is 0 Å². The molecule has 0 radical (unpaired) electrons. The zero-order valence-electron chi connectivity index (χ0n) is 41.0. The van der Waals surface area contributed by atoms with E-state index in [4.69, 9.17) is 4.42 Å². The summed E-state index contributed by atoms with van der Waals surface area (Å²) in [6.45, 7) is 25.6. The molecular formula is C63H55BN2OS. The third-order valence-electron chi connectivity index (χ3n) is 16.2. The first-order chi connectivity index (χ1) is 32.4. The van der Waals surface area contributed by atoms with Crippen LogP contribution in [0.3, 0.4) is 0 Å². The number of hydrogen-bond acceptors (Lipinski definition) is 3. The SMILES string of the molecule is CC(C)(C)c1ccc(N2B3c4cc5c(cc4-n4c6ccc(C(C)(C)C)cc6c6c7oc8ccccc8c7c(c3c64)-c3cc4c(cc32)sc2ccc(C(C)(C)C)cc24)C(C)(C)c2ccccc2-5)cc1. The van der Waals surface area contributed by atoms with Crippen molar-refractivity contribution in [3.05, 3.63) is 161 Å². The highest BCUT2D eigenvalue weighted by Gasteiger charge is 2.48. The van der Waals surface area contributed by atoms with E-state index in [1.807, 2.05) is 11.3 Å². The van der Waals surface area contributed by atoms with E-state index in [-0.39, 0.29) is 28.5 Å². The lowest BCUT2D eigenvalue weighted by molar-refractivity contribution is 0.590. The zero-order valence-corrected chi connectivity index (χ0v) is 41.8. The highest BCUT2D eigenvalue weighted by Crippen LogP contribution is 2.55. The Morgan fingerprint density at radius 2 is 1.19 bits per heavy atom. The van der Waals surface area contributed by atoms with Crippen LogP contribution in [-0.4, -0.2) is 11.4 Å². The monoisotopic (exact) mass is 898 g/mol. The average molecular weight is 899 g/mol. The Balaban J connectivity index is 1.22. The van der Waals surface area contributed by atoms with E-state index in [0.717, 1.165) is 16.6 Å². The molecule has 5 heterocycles. The molecule has 3 nitrogen and oxygen atoms in total. The van der Waals surface area contributed by atoms with Crippen molar-refractivity contribution in [1.82, 2.24) is 4.57 Å². The number of benzene rings is 8. The summed E-state index contributed by atoms with van der Waals surface area (Å²) in [5.41, 5.74) is 22.6. The smallest absolute Gasteiger partial charge is 0.333 e. The Bertz CT molecular complexity index is 4060. The Labute approximate surface area is 403 Å². The number of para-hydroxylation sites is 1. The van der Waals surface area contributed by atoms with Crippen LogP contribution < -0.4 is 15.7 Å². The van der Waals surface area contributed by atoms with Crippen molar-refractivity contribution in [3.8, 4) is 27.9 Å². The van der Waals surface area contributed by atoms with Crippen LogP contribution in [0.2, 0.25) is 0 Å². The number of anilines is 2. The summed E-state index contributed by atoms with van der Waals surface area (Å²) in [6.07, 6.45) is 0. The van der Waals surface area contributed by atoms with Crippen molar-refractivity contribution in [1.29, 1.82) is 0 Å². The molecule has 3 aliphatic rings. The Morgan fingerprint density at radius 1 is 0.529 bits per heavy atom. The molecule has 0 amide bonds. The van der Waals surface area contributed by atoms with Gasteiger partial charge < -0.3 is 13.8 Å². The summed E-state index contributed by atoms with van der Waals surface area (Å²) in [7, 11) is 0. The first-order valence-electron chi connectivity index (χ1n) is 24.5. The van der Waals surface area contributed by atoms with Gasteiger partial charge in [0.1, 0.15) is 11.2 Å². The van der Waals surface area contributed by atoms with Crippen LogP contribution in [0.1, 0.15) is 104 Å². The second-order valence-corrected chi connectivity index (χ2v) is 24.8. The second-order valence-electron chi connectivity index (χ2n) is 23.8. The van der Waals surface area contributed by atoms with Crippen molar-refractivity contribution in [2.45, 2.75) is 97.8 Å². The highest BCUT2D eigenvalue weighted by atomic mass is 32.1. The van der Waals surface area contributed by atoms with Crippen LogP contribution in [0, 0.1) is 0 Å². The number of rotatable bonds is 1. The van der Waals surface area contributed by atoms with Gasteiger partial charge in [-0.2, -0.15) is 0 Å². The Kier molecular flexibility index (Phi) is 7.71. The average Bonchev–Trinajstić information content (AvgIpc) is 4.03. The summed E-state index contributed by atoms with van der Waals surface area (Å²) < 4.78 is 12.6. The normalized spacial score (nSPS) is 15.0. The minimum absolute atomic E-state index is 0.0191. The first kappa shape index (κ1) is 40.5. The molecule has 8 aromatic carbocycles. The molecule has 0 fully saturated rings. The zero-order chi connectivity index (χ0) is 46.7. The highest BCUT2D eigenvalue weighted by molar-refractivity contribution is 7.25. The molecule has 0 saturated carbocycles. The number of thiophene rings is 1. The molecule has 332 valence electrons. The van der Waals surface area contributed by atoms with Crippen molar-refractivity contribution >= 4 is 104 Å². The molecule has 0 bridgehead atoms. The van der Waals surface area contributed by atoms with Crippen LogP contribution in [0.15, 0.2) is 138 Å². The maximum absolute atomic E-state index is 7.32. The van der Waals surface area contributed by atoms with E-state index >= 15 is 0 Å². The van der Waals surface area contributed by atoms with Gasteiger partial charge in [-0.05, 0) is 132 Å². The van der Waals surface area contributed by atoms with Crippen LogP contribution >= 0.6 is 11.3 Å². The van der Waals surface area contributed by atoms with Gasteiger partial charge in [0.15, 0.2) is 0 Å². The maximum Gasteiger partial charge on any atom is 0.333 e. The Morgan fingerprint density at radius 3 is 1.94 bits per heavy atom. The van der Waals surface area contributed by atoms with Crippen molar-refractivity contribution in [3.63, 3.8) is 0 Å². The van der Waals surface area contributed by atoms with E-state index in [0.29, 0.717) is 0 Å². The molecule has 2 aliphatic heterocycles. The van der Waals surface area contributed by atoms with E-state index in [1.54, 1.807) is 0 Å². The summed E-state index contributed by atoms with van der Waals surface area (Å²) in [4.78, 5) is 2.72. The van der Waals surface area contributed by atoms with Gasteiger partial charge in [0.2, 0.25) is 0 Å². The van der Waals surface area contributed by atoms with Gasteiger partial charge in [0.25, 0.3) is 0 Å². The summed E-state index contributed by atoms with van der Waals surface area (Å²) in [5.74, 6) is 0. The third-order valence-corrected chi connectivity index (χ3v) is 17.4. The Hall–Kier alpha value is -6.56. The number of fused-ring (bicyclic) bond motifs is 19. The topological polar surface area (TPSA) is 21.3 Å². The minimum atomic E-state index is -0.169. The molecule has 1 aliphatic carbocycles. The van der Waals surface area contributed by atoms with Crippen LogP contribution in [0.5, 0.6) is 0 Å². The summed E-state index contributed by atoms with van der Waals surface area (Å²) >= 11 is 1.92. The molecule has 11 aromatic rings. The fourth-order valence-corrected chi connectivity index (χ4v) is 13.7. The van der Waals surface area contributed by atoms with E-state index < -0.39 is 0 Å². The van der Waals surface area contributed by atoms with Crippen molar-refractivity contribution in [2.75, 3.05) is 4.81 Å². The van der Waals surface area contributed by atoms with Crippen molar-refractivity contribution < 1.29 is 4.42 Å². The largest absolute Gasteiger partial charge is 0.455 e. The molecule has 0 atom stereocenters. The number of hydrogen-bond donors (Lipinski definition) is 0. The maximum atomic E-state index is 7.32. The van der Waals surface area contributed by atoms with Gasteiger partial charge in [0.05, 0.1) is 16.4 Å². The molecule has 0 N–H and O–H groups in total. The molecule has 0 unspecified atom stereocenters. The van der Waals surface area contributed by atoms with Crippen molar-refractivity contribution in [2.24, 2.45) is 0 Å². The second kappa shape index (κ2) is 12.9. The number of nitrogens with zero attached hydrogens (tertiary/aromatic N) is 2. The van der Waals surface area contributed by atoms with Gasteiger partial charge in [-0.25, -0.2) is 0 Å². The fourth-order valence-electron chi connectivity index (χ4n) is 12.6. The number of furan rings is 1. The molecule has 3 aromatic heterocycles. The minimum Gasteiger partial charge on any atom is -0.455 e. The summed E-state index contributed by atoms with van der Waals surface area (Å²) in [6, 6.07) is 52.1. The fraction of sp³-hybridized carbons (Fsp3) is 0.238. The van der Waals surface area contributed by atoms with E-state index in [1.165, 1.54) is 125 Å². The third kappa shape index (κ3) is 5.21. The molecule has 5 heteroatoms. The molecule has 14 rings (SSSR count). The van der Waals surface area contributed by atoms with Crippen LogP contribution in [0.25, 0.3) is 91.9 Å². The standard InChI is InChI=1S/C63H55BN2OS/c1-60(2,3)34-20-24-37(25-21-34)66-49-33-53-42(41-28-36(62(7,8)9)23-27-52(41)68-53)30-44(49)54-55-39-17-13-15-19-51(39)67-59(55)56-43-29-35(61(4,5)6)22-26-48(43)65-50-32-46-40(31-47(50)64(66)57(54)58(56)65)38-16-12-14-18-45(38)63(46,10)11/h12-33H,1-11H3. The predicted octanol–water partition coefficient (Wildman–Crippen LogP) is 16.5. The van der Waals surface area contributed by atoms with E-state index in [9.17, 15) is 0 Å². The van der Waals surface area contributed by atoms with Crippen LogP contribution in [-0.2, 0) is 21.7 Å². The van der Waals surface area contributed by atoms with Gasteiger partial charge >= 0.3 is 6.85 Å². The molecule has 0 saturated heterocycles. The quantitative estimate of drug-likeness (QED) is 0.153. The summed E-state index contributed by atoms with van der Waals surface area (Å²) in [5, 5.41) is 7.47.